The van der Waals surface area contributed by atoms with E-state index in [9.17, 15) is 14.4 Å². The fraction of sp³-hybridized carbons (Fsp3) is 0.400. The summed E-state index contributed by atoms with van der Waals surface area (Å²) in [6, 6.07) is 19.3. The molecule has 0 radical (unpaired) electrons. The molecule has 10 nitrogen and oxygen atoms in total. The molecule has 0 aliphatic heterocycles. The number of rotatable bonds is 17. The Morgan fingerprint density at radius 3 is 1.49 bits per heavy atom. The van der Waals surface area contributed by atoms with Crippen molar-refractivity contribution in [3.05, 3.63) is 83.9 Å². The van der Waals surface area contributed by atoms with Crippen molar-refractivity contribution in [1.29, 1.82) is 0 Å². The molecule has 0 aliphatic carbocycles. The summed E-state index contributed by atoms with van der Waals surface area (Å²) in [5.74, 6) is 0.462. The van der Waals surface area contributed by atoms with Crippen molar-refractivity contribution in [2.45, 2.75) is 59.4 Å². The Hall–Kier alpha value is -4.41. The lowest BCUT2D eigenvalue weighted by atomic mass is 10.1. The van der Waals surface area contributed by atoms with E-state index in [0.29, 0.717) is 41.6 Å². The maximum absolute atomic E-state index is 12.6. The molecule has 0 fully saturated rings. The van der Waals surface area contributed by atoms with Gasteiger partial charge < -0.3 is 33.2 Å². The van der Waals surface area contributed by atoms with Crippen LogP contribution in [0.15, 0.2) is 72.8 Å². The first kappa shape index (κ1) is 35.1. The highest BCUT2D eigenvalue weighted by Crippen LogP contribution is 2.21. The van der Waals surface area contributed by atoms with Crippen LogP contribution in [0, 0.1) is 5.92 Å². The molecule has 4 unspecified atom stereocenters. The van der Waals surface area contributed by atoms with E-state index in [4.69, 9.17) is 33.2 Å². The van der Waals surface area contributed by atoms with Crippen LogP contribution in [0.1, 0.15) is 61.8 Å². The van der Waals surface area contributed by atoms with Gasteiger partial charge in [-0.05, 0) is 100.0 Å². The van der Waals surface area contributed by atoms with Gasteiger partial charge in [0.1, 0.15) is 35.7 Å². The minimum absolute atomic E-state index is 0.123. The molecule has 3 rings (SSSR count). The molecule has 3 aromatic rings. The monoisotopic (exact) mass is 622 g/mol. The first-order valence-electron chi connectivity index (χ1n) is 14.9. The zero-order valence-corrected chi connectivity index (χ0v) is 26.6. The maximum Gasteiger partial charge on any atom is 0.343 e. The predicted molar refractivity (Wildman–Crippen MR) is 167 cm³/mol. The Morgan fingerprint density at radius 2 is 1.00 bits per heavy atom. The average Bonchev–Trinajstić information content (AvgIpc) is 3.05. The van der Waals surface area contributed by atoms with Crippen molar-refractivity contribution in [2.24, 2.45) is 5.92 Å². The Kier molecular flexibility index (Phi) is 13.9. The van der Waals surface area contributed by atoms with Gasteiger partial charge in [0.05, 0.1) is 49.6 Å². The van der Waals surface area contributed by atoms with Crippen molar-refractivity contribution < 1.29 is 47.5 Å². The van der Waals surface area contributed by atoms with Crippen LogP contribution in [0.25, 0.3) is 0 Å². The molecule has 3 aromatic carbocycles. The number of hydrogen-bond donors (Lipinski definition) is 0. The van der Waals surface area contributed by atoms with Crippen LogP contribution in [-0.2, 0) is 19.0 Å². The summed E-state index contributed by atoms with van der Waals surface area (Å²) in [6.07, 6.45) is 0.0561. The van der Waals surface area contributed by atoms with Gasteiger partial charge in [-0.1, -0.05) is 13.8 Å². The van der Waals surface area contributed by atoms with Gasteiger partial charge >= 0.3 is 17.9 Å². The highest BCUT2D eigenvalue weighted by molar-refractivity contribution is 5.92. The second-order valence-corrected chi connectivity index (χ2v) is 10.7. The van der Waals surface area contributed by atoms with Crippen LogP contribution in [0.2, 0.25) is 0 Å². The number of carbonyl (C=O) groups is 3. The van der Waals surface area contributed by atoms with Crippen molar-refractivity contribution in [3.63, 3.8) is 0 Å². The second kappa shape index (κ2) is 17.8. The zero-order chi connectivity index (χ0) is 32.8. The van der Waals surface area contributed by atoms with Crippen molar-refractivity contribution >= 4 is 17.9 Å². The maximum atomic E-state index is 12.6. The Balaban J connectivity index is 1.38. The number of ether oxygens (including phenoxy) is 7. The van der Waals surface area contributed by atoms with E-state index < -0.39 is 11.9 Å². The normalized spacial score (nSPS) is 13.6. The molecule has 0 bridgehead atoms. The van der Waals surface area contributed by atoms with Crippen LogP contribution in [0.3, 0.4) is 0 Å². The van der Waals surface area contributed by atoms with E-state index >= 15 is 0 Å². The molecule has 242 valence electrons. The first-order valence-corrected chi connectivity index (χ1v) is 14.9. The summed E-state index contributed by atoms with van der Waals surface area (Å²) >= 11 is 0. The smallest absolute Gasteiger partial charge is 0.343 e. The third-order valence-electron chi connectivity index (χ3n) is 6.70. The molecular weight excluding hydrogens is 580 g/mol. The van der Waals surface area contributed by atoms with E-state index in [-0.39, 0.29) is 42.6 Å². The lowest BCUT2D eigenvalue weighted by Crippen LogP contribution is -2.28. The predicted octanol–water partition coefficient (Wildman–Crippen LogP) is 6.30. The molecule has 0 aliphatic rings. The van der Waals surface area contributed by atoms with Gasteiger partial charge in [0.25, 0.3) is 0 Å². The standard InChI is InChI=1S/C35H42O10/c1-7-23(2)33(36)42-21-25(4)40-20-24(3)41-22-26(5)43-30-12-8-27(9-13-30)34(37)44-31-14-10-28(11-15-31)35(38)45-32-18-16-29(39-6)17-19-32/h8-19,23-26H,7,20-22H2,1-6H3. The fourth-order valence-electron chi connectivity index (χ4n) is 3.77. The third-order valence-corrected chi connectivity index (χ3v) is 6.70. The molecule has 0 heterocycles. The highest BCUT2D eigenvalue weighted by atomic mass is 16.6. The quantitative estimate of drug-likeness (QED) is 0.125. The van der Waals surface area contributed by atoms with Gasteiger partial charge in [-0.15, -0.1) is 0 Å². The number of methoxy groups -OCH3 is 1. The van der Waals surface area contributed by atoms with Gasteiger partial charge in [0, 0.05) is 0 Å². The van der Waals surface area contributed by atoms with Crippen LogP contribution in [0.5, 0.6) is 23.0 Å². The van der Waals surface area contributed by atoms with Crippen LogP contribution >= 0.6 is 0 Å². The topological polar surface area (TPSA) is 116 Å². The molecule has 4 atom stereocenters. The van der Waals surface area contributed by atoms with Gasteiger partial charge in [0.2, 0.25) is 0 Å². The van der Waals surface area contributed by atoms with E-state index in [0.717, 1.165) is 6.42 Å². The lowest BCUT2D eigenvalue weighted by molar-refractivity contribution is -0.152. The van der Waals surface area contributed by atoms with Crippen LogP contribution in [-0.4, -0.2) is 63.2 Å². The Labute approximate surface area is 264 Å². The summed E-state index contributed by atoms with van der Waals surface area (Å²) in [4.78, 5) is 36.9. The Morgan fingerprint density at radius 1 is 0.578 bits per heavy atom. The fourth-order valence-corrected chi connectivity index (χ4v) is 3.77. The molecule has 45 heavy (non-hydrogen) atoms. The molecule has 10 heteroatoms. The zero-order valence-electron chi connectivity index (χ0n) is 26.6. The molecule has 0 aromatic heterocycles. The van der Waals surface area contributed by atoms with Gasteiger partial charge in [-0.2, -0.15) is 0 Å². The molecule has 0 saturated carbocycles. The average molecular weight is 623 g/mol. The number of carbonyl (C=O) groups excluding carboxylic acids is 3. The largest absolute Gasteiger partial charge is 0.497 e. The molecule has 0 amide bonds. The molecule has 0 N–H and O–H groups in total. The van der Waals surface area contributed by atoms with Crippen molar-refractivity contribution in [1.82, 2.24) is 0 Å². The summed E-state index contributed by atoms with van der Waals surface area (Å²) in [5.41, 5.74) is 0.644. The second-order valence-electron chi connectivity index (χ2n) is 10.7. The summed E-state index contributed by atoms with van der Waals surface area (Å²) < 4.78 is 38.6. The number of hydrogen-bond acceptors (Lipinski definition) is 10. The van der Waals surface area contributed by atoms with Crippen LogP contribution < -0.4 is 18.9 Å². The summed E-state index contributed by atoms with van der Waals surface area (Å²) in [6.45, 7) is 10.3. The third kappa shape index (κ3) is 11.9. The number of benzene rings is 3. The van der Waals surface area contributed by atoms with Gasteiger partial charge in [0.15, 0.2) is 0 Å². The van der Waals surface area contributed by atoms with E-state index in [1.807, 2.05) is 34.6 Å². The molecule has 0 spiro atoms. The van der Waals surface area contributed by atoms with Gasteiger partial charge in [-0.3, -0.25) is 4.79 Å². The minimum Gasteiger partial charge on any atom is -0.497 e. The lowest BCUT2D eigenvalue weighted by Gasteiger charge is -2.21. The summed E-state index contributed by atoms with van der Waals surface area (Å²) in [7, 11) is 1.55. The Bertz CT molecular complexity index is 1350. The van der Waals surface area contributed by atoms with Crippen molar-refractivity contribution in [2.75, 3.05) is 26.9 Å². The highest BCUT2D eigenvalue weighted by Gasteiger charge is 2.16. The molecular formula is C35H42O10. The minimum atomic E-state index is -0.552. The summed E-state index contributed by atoms with van der Waals surface area (Å²) in [5, 5.41) is 0. The number of esters is 3. The van der Waals surface area contributed by atoms with Gasteiger partial charge in [-0.25, -0.2) is 9.59 Å². The van der Waals surface area contributed by atoms with Crippen LogP contribution in [0.4, 0.5) is 0 Å². The van der Waals surface area contributed by atoms with Crippen molar-refractivity contribution in [3.8, 4) is 23.0 Å². The van der Waals surface area contributed by atoms with E-state index in [1.54, 1.807) is 55.6 Å². The first-order chi connectivity index (χ1) is 21.6. The molecule has 0 saturated heterocycles. The van der Waals surface area contributed by atoms with E-state index in [2.05, 4.69) is 0 Å². The van der Waals surface area contributed by atoms with E-state index in [1.165, 1.54) is 24.3 Å². The SMILES string of the molecule is CCC(C)C(=O)OCC(C)OCC(C)OCC(C)Oc1ccc(C(=O)Oc2ccc(C(=O)Oc3ccc(OC)cc3)cc2)cc1.